The summed E-state index contributed by atoms with van der Waals surface area (Å²) >= 11 is 0. The molecule has 2 rings (SSSR count). The molecule has 1 unspecified atom stereocenters. The first-order valence-corrected chi connectivity index (χ1v) is 7.36. The fraction of sp³-hybridized carbons (Fsp3) is 0.412. The van der Waals surface area contributed by atoms with E-state index in [0.717, 1.165) is 12.2 Å². The summed E-state index contributed by atoms with van der Waals surface area (Å²) in [6, 6.07) is 9.90. The predicted octanol–water partition coefficient (Wildman–Crippen LogP) is 2.52. The fourth-order valence-corrected chi connectivity index (χ4v) is 2.60. The van der Waals surface area contributed by atoms with Gasteiger partial charge in [0.05, 0.1) is 18.3 Å². The molecule has 0 aliphatic rings. The van der Waals surface area contributed by atoms with Crippen molar-refractivity contribution in [1.82, 2.24) is 15.1 Å². The van der Waals surface area contributed by atoms with Crippen molar-refractivity contribution in [3.63, 3.8) is 0 Å². The van der Waals surface area contributed by atoms with Crippen molar-refractivity contribution >= 4 is 0 Å². The number of rotatable bonds is 5. The van der Waals surface area contributed by atoms with Crippen LogP contribution in [0.2, 0.25) is 0 Å². The van der Waals surface area contributed by atoms with Gasteiger partial charge in [0.15, 0.2) is 0 Å². The standard InChI is InChI=1S/C17H23N3O/c1-5-18-16(15-9-12(2)8-13(3)10-15)11-20-17(21)7-6-14(4)19-20/h6-10,16,18H,5,11H2,1-4H3. The van der Waals surface area contributed by atoms with Crippen LogP contribution in [0.25, 0.3) is 0 Å². The highest BCUT2D eigenvalue weighted by Gasteiger charge is 2.13. The second kappa shape index (κ2) is 6.68. The Labute approximate surface area is 125 Å². The lowest BCUT2D eigenvalue weighted by Gasteiger charge is -2.20. The van der Waals surface area contributed by atoms with Crippen molar-refractivity contribution in [1.29, 1.82) is 0 Å². The van der Waals surface area contributed by atoms with Crippen molar-refractivity contribution in [3.8, 4) is 0 Å². The van der Waals surface area contributed by atoms with E-state index in [4.69, 9.17) is 0 Å². The van der Waals surface area contributed by atoms with Crippen molar-refractivity contribution in [2.75, 3.05) is 6.54 Å². The Bertz CT molecular complexity index is 656. The van der Waals surface area contributed by atoms with E-state index in [1.807, 2.05) is 6.92 Å². The Morgan fingerprint density at radius 1 is 1.14 bits per heavy atom. The van der Waals surface area contributed by atoms with Gasteiger partial charge in [-0.2, -0.15) is 5.10 Å². The maximum Gasteiger partial charge on any atom is 0.266 e. The van der Waals surface area contributed by atoms with E-state index in [2.05, 4.69) is 49.4 Å². The van der Waals surface area contributed by atoms with Crippen LogP contribution in [0.4, 0.5) is 0 Å². The fourth-order valence-electron chi connectivity index (χ4n) is 2.60. The summed E-state index contributed by atoms with van der Waals surface area (Å²) in [4.78, 5) is 11.9. The third-order valence-corrected chi connectivity index (χ3v) is 3.45. The van der Waals surface area contributed by atoms with Gasteiger partial charge in [0.1, 0.15) is 0 Å². The molecular formula is C17H23N3O. The Morgan fingerprint density at radius 3 is 2.43 bits per heavy atom. The first-order valence-electron chi connectivity index (χ1n) is 7.36. The highest BCUT2D eigenvalue weighted by molar-refractivity contribution is 5.30. The molecule has 1 aromatic heterocycles. The van der Waals surface area contributed by atoms with Crippen LogP contribution in [0.15, 0.2) is 35.1 Å². The molecule has 0 saturated carbocycles. The molecule has 0 spiro atoms. The molecule has 0 bridgehead atoms. The smallest absolute Gasteiger partial charge is 0.266 e. The number of hydrogen-bond acceptors (Lipinski definition) is 3. The van der Waals surface area contributed by atoms with Crippen LogP contribution in [0.5, 0.6) is 0 Å². The molecule has 0 aliphatic heterocycles. The van der Waals surface area contributed by atoms with Crippen LogP contribution in [-0.2, 0) is 6.54 Å². The lowest BCUT2D eigenvalue weighted by Crippen LogP contribution is -2.32. The maximum absolute atomic E-state index is 11.9. The van der Waals surface area contributed by atoms with E-state index in [-0.39, 0.29) is 11.6 Å². The number of nitrogens with zero attached hydrogens (tertiary/aromatic N) is 2. The Morgan fingerprint density at radius 2 is 1.81 bits per heavy atom. The first-order chi connectivity index (χ1) is 9.99. The van der Waals surface area contributed by atoms with Gasteiger partial charge in [-0.1, -0.05) is 36.2 Å². The first kappa shape index (κ1) is 15.4. The van der Waals surface area contributed by atoms with Crippen LogP contribution in [0.3, 0.4) is 0 Å². The number of hydrogen-bond donors (Lipinski definition) is 1. The number of nitrogens with one attached hydrogen (secondary N) is 1. The summed E-state index contributed by atoms with van der Waals surface area (Å²) in [5.74, 6) is 0. The third kappa shape index (κ3) is 4.02. The predicted molar refractivity (Wildman–Crippen MR) is 85.6 cm³/mol. The second-order valence-electron chi connectivity index (χ2n) is 5.53. The molecule has 21 heavy (non-hydrogen) atoms. The topological polar surface area (TPSA) is 46.9 Å². The van der Waals surface area contributed by atoms with E-state index in [0.29, 0.717) is 6.54 Å². The van der Waals surface area contributed by atoms with Crippen molar-refractivity contribution in [2.24, 2.45) is 0 Å². The van der Waals surface area contributed by atoms with E-state index in [1.165, 1.54) is 16.7 Å². The lowest BCUT2D eigenvalue weighted by atomic mass is 10.0. The van der Waals surface area contributed by atoms with Crippen molar-refractivity contribution < 1.29 is 0 Å². The van der Waals surface area contributed by atoms with Crippen LogP contribution >= 0.6 is 0 Å². The molecule has 1 atom stereocenters. The van der Waals surface area contributed by atoms with E-state index < -0.39 is 0 Å². The molecule has 1 N–H and O–H groups in total. The van der Waals surface area contributed by atoms with E-state index >= 15 is 0 Å². The van der Waals surface area contributed by atoms with Gasteiger partial charge in [-0.3, -0.25) is 4.79 Å². The molecule has 0 radical (unpaired) electrons. The molecule has 2 aromatic rings. The second-order valence-corrected chi connectivity index (χ2v) is 5.53. The van der Waals surface area contributed by atoms with Gasteiger partial charge in [0.25, 0.3) is 5.56 Å². The quantitative estimate of drug-likeness (QED) is 0.918. The van der Waals surface area contributed by atoms with Gasteiger partial charge in [0.2, 0.25) is 0 Å². The average molecular weight is 285 g/mol. The zero-order valence-corrected chi connectivity index (χ0v) is 13.2. The molecule has 0 saturated heterocycles. The van der Waals surface area contributed by atoms with Crippen molar-refractivity contribution in [3.05, 3.63) is 63.1 Å². The zero-order valence-electron chi connectivity index (χ0n) is 13.2. The molecule has 4 nitrogen and oxygen atoms in total. The van der Waals surface area contributed by atoms with Gasteiger partial charge < -0.3 is 5.32 Å². The third-order valence-electron chi connectivity index (χ3n) is 3.45. The van der Waals surface area contributed by atoms with E-state index in [1.54, 1.807) is 16.8 Å². The van der Waals surface area contributed by atoms with Gasteiger partial charge in [0, 0.05) is 6.07 Å². The SMILES string of the molecule is CCNC(Cn1nc(C)ccc1=O)c1cc(C)cc(C)c1. The van der Waals surface area contributed by atoms with Gasteiger partial charge >= 0.3 is 0 Å². The summed E-state index contributed by atoms with van der Waals surface area (Å²) in [6.45, 7) is 9.54. The maximum atomic E-state index is 11.9. The molecule has 0 aliphatic carbocycles. The molecule has 4 heteroatoms. The minimum Gasteiger partial charge on any atom is -0.309 e. The Kier molecular flexibility index (Phi) is 4.91. The Balaban J connectivity index is 2.34. The number of aryl methyl sites for hydroxylation is 3. The van der Waals surface area contributed by atoms with Gasteiger partial charge in [-0.05, 0) is 38.9 Å². The zero-order chi connectivity index (χ0) is 15.4. The van der Waals surface area contributed by atoms with E-state index in [9.17, 15) is 4.79 Å². The molecule has 0 fully saturated rings. The molecule has 1 aromatic carbocycles. The average Bonchev–Trinajstić information content (AvgIpc) is 2.41. The number of likely N-dealkylation sites (N-methyl/N-ethyl adjacent to an activating group) is 1. The summed E-state index contributed by atoms with van der Waals surface area (Å²) < 4.78 is 1.54. The number of benzene rings is 1. The van der Waals surface area contributed by atoms with Gasteiger partial charge in [-0.15, -0.1) is 0 Å². The highest BCUT2D eigenvalue weighted by Crippen LogP contribution is 2.18. The summed E-state index contributed by atoms with van der Waals surface area (Å²) in [6.07, 6.45) is 0. The van der Waals surface area contributed by atoms with Gasteiger partial charge in [-0.25, -0.2) is 4.68 Å². The van der Waals surface area contributed by atoms with Crippen LogP contribution < -0.4 is 10.9 Å². The Hall–Kier alpha value is -1.94. The van der Waals surface area contributed by atoms with Crippen LogP contribution in [0.1, 0.15) is 35.3 Å². The molecule has 1 heterocycles. The normalized spacial score (nSPS) is 12.4. The highest BCUT2D eigenvalue weighted by atomic mass is 16.1. The minimum absolute atomic E-state index is 0.0621. The van der Waals surface area contributed by atoms with Crippen LogP contribution in [-0.4, -0.2) is 16.3 Å². The number of aromatic nitrogens is 2. The molecular weight excluding hydrogens is 262 g/mol. The summed E-state index contributed by atoms with van der Waals surface area (Å²) in [5, 5.41) is 7.78. The van der Waals surface area contributed by atoms with Crippen molar-refractivity contribution in [2.45, 2.75) is 40.3 Å². The monoisotopic (exact) mass is 285 g/mol. The molecule has 0 amide bonds. The van der Waals surface area contributed by atoms with Crippen LogP contribution in [0, 0.1) is 20.8 Å². The minimum atomic E-state index is -0.0621. The largest absolute Gasteiger partial charge is 0.309 e. The summed E-state index contributed by atoms with van der Waals surface area (Å²) in [5.41, 5.74) is 4.46. The summed E-state index contributed by atoms with van der Waals surface area (Å²) in [7, 11) is 0. The lowest BCUT2D eigenvalue weighted by molar-refractivity contribution is 0.431. The molecule has 112 valence electrons.